The summed E-state index contributed by atoms with van der Waals surface area (Å²) < 4.78 is 12.7. The molecule has 1 heterocycles. The number of nitrogens with zero attached hydrogens (tertiary/aromatic N) is 3. The van der Waals surface area contributed by atoms with Crippen molar-refractivity contribution in [2.75, 3.05) is 6.61 Å². The summed E-state index contributed by atoms with van der Waals surface area (Å²) in [6, 6.07) is 15.1. The van der Waals surface area contributed by atoms with Gasteiger partial charge in [0.25, 0.3) is 0 Å². The Balaban J connectivity index is 1.75. The number of ether oxygens (including phenoxy) is 2. The minimum Gasteiger partial charge on any atom is -0.476 e. The fourth-order valence-corrected chi connectivity index (χ4v) is 3.10. The van der Waals surface area contributed by atoms with E-state index in [4.69, 9.17) is 21.1 Å². The van der Waals surface area contributed by atoms with E-state index >= 15 is 0 Å². The van der Waals surface area contributed by atoms with Crippen molar-refractivity contribution in [2.45, 2.75) is 33.3 Å². The van der Waals surface area contributed by atoms with Crippen LogP contribution in [0.25, 0.3) is 11.3 Å². The van der Waals surface area contributed by atoms with Gasteiger partial charge in [-0.25, -0.2) is 9.79 Å². The molecule has 0 saturated carbocycles. The smallest absolute Gasteiger partial charge is 0.349 e. The van der Waals surface area contributed by atoms with Crippen molar-refractivity contribution in [1.82, 2.24) is 9.78 Å². The van der Waals surface area contributed by atoms with Gasteiger partial charge in [-0.15, -0.1) is 0 Å². The molecule has 0 saturated heterocycles. The third-order valence-corrected chi connectivity index (χ3v) is 4.92. The van der Waals surface area contributed by atoms with Gasteiger partial charge in [0.15, 0.2) is 11.4 Å². The summed E-state index contributed by atoms with van der Waals surface area (Å²) in [6.45, 7) is 7.40. The average Bonchev–Trinajstić information content (AvgIpc) is 3.09. The van der Waals surface area contributed by atoms with Gasteiger partial charge in [-0.3, -0.25) is 4.68 Å². The fourth-order valence-electron chi connectivity index (χ4n) is 2.97. The maximum Gasteiger partial charge on any atom is 0.349 e. The molecule has 7 heteroatoms. The van der Waals surface area contributed by atoms with Crippen molar-refractivity contribution in [3.05, 3.63) is 64.7 Å². The molecule has 31 heavy (non-hydrogen) atoms. The van der Waals surface area contributed by atoms with Crippen LogP contribution in [0, 0.1) is 6.92 Å². The van der Waals surface area contributed by atoms with Crippen LogP contribution in [-0.2, 0) is 16.6 Å². The van der Waals surface area contributed by atoms with E-state index in [1.807, 2.05) is 62.5 Å². The van der Waals surface area contributed by atoms with E-state index in [1.54, 1.807) is 31.7 Å². The van der Waals surface area contributed by atoms with Gasteiger partial charge in [-0.1, -0.05) is 23.7 Å². The maximum absolute atomic E-state index is 12.1. The van der Waals surface area contributed by atoms with Crippen LogP contribution in [0.15, 0.2) is 53.5 Å². The van der Waals surface area contributed by atoms with Crippen LogP contribution in [-0.4, -0.2) is 34.2 Å². The van der Waals surface area contributed by atoms with Gasteiger partial charge in [0, 0.05) is 29.9 Å². The second-order valence-electron chi connectivity index (χ2n) is 7.63. The highest BCUT2D eigenvalue weighted by Gasteiger charge is 2.32. The van der Waals surface area contributed by atoms with E-state index in [0.29, 0.717) is 17.4 Å². The number of benzene rings is 2. The van der Waals surface area contributed by atoms with Gasteiger partial charge in [0.1, 0.15) is 5.75 Å². The molecule has 0 amide bonds. The van der Waals surface area contributed by atoms with Gasteiger partial charge in [-0.2, -0.15) is 5.10 Å². The molecule has 0 spiro atoms. The summed E-state index contributed by atoms with van der Waals surface area (Å²) in [4.78, 5) is 16.6. The molecule has 162 valence electrons. The maximum atomic E-state index is 12.1. The summed E-state index contributed by atoms with van der Waals surface area (Å²) in [7, 11) is 1.85. The molecule has 0 bridgehead atoms. The number of halogens is 1. The first-order chi connectivity index (χ1) is 14.7. The fraction of sp³-hybridized carbons (Fsp3) is 0.292. The normalized spacial score (nSPS) is 11.7. The van der Waals surface area contributed by atoms with Crippen molar-refractivity contribution in [1.29, 1.82) is 0 Å². The minimum atomic E-state index is -1.07. The van der Waals surface area contributed by atoms with E-state index < -0.39 is 11.6 Å². The highest BCUT2D eigenvalue weighted by atomic mass is 35.5. The Morgan fingerprint density at radius 1 is 1.19 bits per heavy atom. The lowest BCUT2D eigenvalue weighted by Gasteiger charge is -2.25. The molecule has 0 aliphatic heterocycles. The highest BCUT2D eigenvalue weighted by Crippen LogP contribution is 2.26. The first-order valence-corrected chi connectivity index (χ1v) is 10.4. The number of esters is 1. The van der Waals surface area contributed by atoms with Crippen LogP contribution >= 0.6 is 11.6 Å². The predicted molar refractivity (Wildman–Crippen MR) is 123 cm³/mol. The van der Waals surface area contributed by atoms with Crippen LogP contribution < -0.4 is 4.74 Å². The zero-order chi connectivity index (χ0) is 22.6. The van der Waals surface area contributed by atoms with Gasteiger partial charge in [0.05, 0.1) is 12.3 Å². The first-order valence-electron chi connectivity index (χ1n) is 10.0. The lowest BCUT2D eigenvalue weighted by Crippen LogP contribution is -2.39. The largest absolute Gasteiger partial charge is 0.476 e. The van der Waals surface area contributed by atoms with E-state index in [9.17, 15) is 4.79 Å². The van der Waals surface area contributed by atoms with E-state index in [0.717, 1.165) is 28.2 Å². The zero-order valence-electron chi connectivity index (χ0n) is 18.3. The van der Waals surface area contributed by atoms with Gasteiger partial charge in [-0.05, 0) is 69.2 Å². The number of carbonyl (C=O) groups is 1. The molecule has 0 aliphatic rings. The topological polar surface area (TPSA) is 65.7 Å². The lowest BCUT2D eigenvalue weighted by atomic mass is 10.1. The Hall–Kier alpha value is -3.12. The number of carbonyl (C=O) groups excluding carboxylic acids is 1. The first kappa shape index (κ1) is 22.6. The Bertz CT molecular complexity index is 1100. The van der Waals surface area contributed by atoms with E-state index in [2.05, 4.69) is 10.1 Å². The number of rotatable bonds is 7. The van der Waals surface area contributed by atoms with Crippen molar-refractivity contribution in [3.8, 4) is 17.0 Å². The summed E-state index contributed by atoms with van der Waals surface area (Å²) >= 11 is 5.96. The van der Waals surface area contributed by atoms with Gasteiger partial charge in [0.2, 0.25) is 0 Å². The average molecular weight is 440 g/mol. The summed E-state index contributed by atoms with van der Waals surface area (Å²) in [5.74, 6) is 0.958. The molecule has 0 aliphatic carbocycles. The Morgan fingerprint density at radius 2 is 1.90 bits per heavy atom. The van der Waals surface area contributed by atoms with Crippen LogP contribution in [0.2, 0.25) is 5.02 Å². The second-order valence-corrected chi connectivity index (χ2v) is 8.07. The Labute approximate surface area is 187 Å². The summed E-state index contributed by atoms with van der Waals surface area (Å²) in [6.07, 6.45) is 1.77. The molecule has 6 nitrogen and oxygen atoms in total. The quantitative estimate of drug-likeness (QED) is 0.359. The molecule has 0 radical (unpaired) electrons. The molecule has 0 fully saturated rings. The minimum absolute atomic E-state index is 0.313. The van der Waals surface area contributed by atoms with E-state index in [-0.39, 0.29) is 0 Å². The third-order valence-electron chi connectivity index (χ3n) is 4.67. The molecule has 0 unspecified atom stereocenters. The summed E-state index contributed by atoms with van der Waals surface area (Å²) in [5.41, 5.74) is 2.54. The summed E-state index contributed by atoms with van der Waals surface area (Å²) in [5, 5.41) is 5.21. The van der Waals surface area contributed by atoms with Crippen LogP contribution in [0.1, 0.15) is 31.9 Å². The second kappa shape index (κ2) is 9.35. The number of hydrogen-bond donors (Lipinski definition) is 0. The van der Waals surface area contributed by atoms with Gasteiger partial charge >= 0.3 is 5.97 Å². The van der Waals surface area contributed by atoms with Gasteiger partial charge < -0.3 is 9.47 Å². The standard InChI is InChI=1S/C24H26ClN3O3/c1-6-30-23(29)24(3,4)31-21-12-7-17(13-16(21)2)15-26-22-14-20(27-28(22)5)18-8-10-19(25)11-9-18/h7-15H,6H2,1-5H3. The molecule has 3 rings (SSSR count). The molecule has 0 atom stereocenters. The van der Waals surface area contributed by atoms with Crippen molar-refractivity contribution < 1.29 is 14.3 Å². The molecule has 3 aromatic rings. The molecule has 0 N–H and O–H groups in total. The SMILES string of the molecule is CCOC(=O)C(C)(C)Oc1ccc(C=Nc2cc(-c3ccc(Cl)cc3)nn2C)cc1C. The molecule has 2 aromatic carbocycles. The number of hydrogen-bond acceptors (Lipinski definition) is 5. The van der Waals surface area contributed by atoms with Crippen molar-refractivity contribution in [2.24, 2.45) is 12.0 Å². The zero-order valence-corrected chi connectivity index (χ0v) is 19.1. The Morgan fingerprint density at radius 3 is 2.55 bits per heavy atom. The number of aliphatic imine (C=N–C) groups is 1. The van der Waals surface area contributed by atoms with Crippen LogP contribution in [0.3, 0.4) is 0 Å². The highest BCUT2D eigenvalue weighted by molar-refractivity contribution is 6.30. The van der Waals surface area contributed by atoms with Crippen LogP contribution in [0.5, 0.6) is 5.75 Å². The predicted octanol–water partition coefficient (Wildman–Crippen LogP) is 5.52. The number of aromatic nitrogens is 2. The molecular weight excluding hydrogens is 414 g/mol. The van der Waals surface area contributed by atoms with Crippen molar-refractivity contribution in [3.63, 3.8) is 0 Å². The van der Waals surface area contributed by atoms with E-state index in [1.165, 1.54) is 0 Å². The monoisotopic (exact) mass is 439 g/mol. The third kappa shape index (κ3) is 5.52. The molecule has 1 aromatic heterocycles. The van der Waals surface area contributed by atoms with Crippen molar-refractivity contribution >= 4 is 29.6 Å². The lowest BCUT2D eigenvalue weighted by molar-refractivity contribution is -0.158. The van der Waals surface area contributed by atoms with Crippen LogP contribution in [0.4, 0.5) is 5.82 Å². The Kier molecular flexibility index (Phi) is 6.81. The molecular formula is C24H26ClN3O3. The number of aryl methyl sites for hydroxylation is 2.